The lowest BCUT2D eigenvalue weighted by atomic mass is 9.80. The first kappa shape index (κ1) is 17.7. The van der Waals surface area contributed by atoms with Crippen molar-refractivity contribution >= 4 is 16.9 Å². The van der Waals surface area contributed by atoms with E-state index in [2.05, 4.69) is 25.3 Å². The predicted octanol–water partition coefficient (Wildman–Crippen LogP) is 2.37. The van der Waals surface area contributed by atoms with Gasteiger partial charge >= 0.3 is 0 Å². The third-order valence-electron chi connectivity index (χ3n) is 5.02. The predicted molar refractivity (Wildman–Crippen MR) is 94.9 cm³/mol. The zero-order valence-electron chi connectivity index (χ0n) is 14.6. The highest BCUT2D eigenvalue weighted by Crippen LogP contribution is 2.31. The smallest absolute Gasteiger partial charge is 0.183 e. The van der Waals surface area contributed by atoms with Crippen LogP contribution in [-0.2, 0) is 0 Å². The molecule has 0 unspecified atom stereocenters. The van der Waals surface area contributed by atoms with Gasteiger partial charge in [-0.3, -0.25) is 0 Å². The molecule has 0 spiro atoms. The van der Waals surface area contributed by atoms with Gasteiger partial charge in [-0.05, 0) is 32.3 Å². The summed E-state index contributed by atoms with van der Waals surface area (Å²) in [5, 5.41) is 23.9. The summed E-state index contributed by atoms with van der Waals surface area (Å²) in [6, 6.07) is 0.754. The van der Waals surface area contributed by atoms with Crippen LogP contribution in [0.15, 0.2) is 24.7 Å². The molecule has 4 rings (SSSR count). The largest absolute Gasteiger partial charge is 0.388 e. The Morgan fingerprint density at radius 3 is 2.93 bits per heavy atom. The standard InChI is InChI=1S/C18H19F2N5O2/c1-18(27)4-2-3-13(14(18)26)24-17-12(20)8-23-16(25-17)11-7-22-15-10(11)5-9(19)6-21-15/h5-8,13-14,26-27H,2-4H2,1H3,(H,21,22)(H,23,24,25)/t13-,14+,18+/m0/s1. The molecular weight excluding hydrogens is 356 g/mol. The second-order valence-electron chi connectivity index (χ2n) is 7.09. The number of aliphatic hydroxyl groups excluding tert-OH is 1. The van der Waals surface area contributed by atoms with E-state index in [-0.39, 0.29) is 11.6 Å². The van der Waals surface area contributed by atoms with Crippen molar-refractivity contribution < 1.29 is 19.0 Å². The van der Waals surface area contributed by atoms with Crippen molar-refractivity contribution in [1.29, 1.82) is 0 Å². The van der Waals surface area contributed by atoms with Gasteiger partial charge in [-0.2, -0.15) is 0 Å². The molecule has 3 aromatic heterocycles. The highest BCUT2D eigenvalue weighted by atomic mass is 19.1. The number of hydrogen-bond acceptors (Lipinski definition) is 6. The van der Waals surface area contributed by atoms with E-state index in [1.165, 1.54) is 6.07 Å². The maximum Gasteiger partial charge on any atom is 0.183 e. The minimum absolute atomic E-state index is 0.0829. The molecule has 1 aliphatic carbocycles. The van der Waals surface area contributed by atoms with Crippen LogP contribution in [0.2, 0.25) is 0 Å². The Bertz CT molecular complexity index is 991. The van der Waals surface area contributed by atoms with Gasteiger partial charge in [-0.25, -0.2) is 23.7 Å². The van der Waals surface area contributed by atoms with Crippen LogP contribution in [0.5, 0.6) is 0 Å². The van der Waals surface area contributed by atoms with Crippen molar-refractivity contribution in [2.75, 3.05) is 5.32 Å². The van der Waals surface area contributed by atoms with E-state index in [0.717, 1.165) is 12.4 Å². The highest BCUT2D eigenvalue weighted by Gasteiger charge is 2.40. The zero-order valence-corrected chi connectivity index (χ0v) is 14.6. The number of halogens is 2. The molecule has 0 aliphatic heterocycles. The molecular formula is C18H19F2N5O2. The quantitative estimate of drug-likeness (QED) is 0.560. The van der Waals surface area contributed by atoms with Crippen LogP contribution in [-0.4, -0.2) is 47.9 Å². The Labute approximate surface area is 153 Å². The van der Waals surface area contributed by atoms with Gasteiger partial charge in [0, 0.05) is 17.1 Å². The normalized spacial score (nSPS) is 25.7. The van der Waals surface area contributed by atoms with Crippen LogP contribution < -0.4 is 5.32 Å². The van der Waals surface area contributed by atoms with E-state index in [1.807, 2.05) is 0 Å². The fraction of sp³-hybridized carbons (Fsp3) is 0.389. The molecule has 9 heteroatoms. The molecule has 0 saturated heterocycles. The molecule has 27 heavy (non-hydrogen) atoms. The first-order valence-corrected chi connectivity index (χ1v) is 8.68. The number of fused-ring (bicyclic) bond motifs is 1. The molecule has 1 aliphatic rings. The number of aromatic amines is 1. The molecule has 0 radical (unpaired) electrons. The average Bonchev–Trinajstić information content (AvgIpc) is 3.04. The van der Waals surface area contributed by atoms with Crippen molar-refractivity contribution in [3.8, 4) is 11.4 Å². The van der Waals surface area contributed by atoms with Crippen molar-refractivity contribution in [3.63, 3.8) is 0 Å². The molecule has 3 heterocycles. The number of nitrogens with zero attached hydrogens (tertiary/aromatic N) is 3. The van der Waals surface area contributed by atoms with Crippen LogP contribution in [0.1, 0.15) is 26.2 Å². The fourth-order valence-electron chi connectivity index (χ4n) is 3.51. The van der Waals surface area contributed by atoms with Crippen LogP contribution in [0.25, 0.3) is 22.4 Å². The summed E-state index contributed by atoms with van der Waals surface area (Å²) in [5.41, 5.74) is -0.300. The van der Waals surface area contributed by atoms with Gasteiger partial charge in [0.25, 0.3) is 0 Å². The maximum atomic E-state index is 14.3. The van der Waals surface area contributed by atoms with Gasteiger partial charge in [0.05, 0.1) is 24.0 Å². The molecule has 3 aromatic rings. The summed E-state index contributed by atoms with van der Waals surface area (Å²) in [6.45, 7) is 1.56. The monoisotopic (exact) mass is 375 g/mol. The van der Waals surface area contributed by atoms with Gasteiger partial charge in [-0.1, -0.05) is 0 Å². The molecule has 0 bridgehead atoms. The second-order valence-corrected chi connectivity index (χ2v) is 7.09. The van der Waals surface area contributed by atoms with Crippen molar-refractivity contribution in [2.45, 2.75) is 43.9 Å². The molecule has 4 N–H and O–H groups in total. The third-order valence-corrected chi connectivity index (χ3v) is 5.02. The minimum Gasteiger partial charge on any atom is -0.388 e. The topological polar surface area (TPSA) is 107 Å². The van der Waals surface area contributed by atoms with Gasteiger partial charge in [0.2, 0.25) is 0 Å². The van der Waals surface area contributed by atoms with Crippen molar-refractivity contribution in [1.82, 2.24) is 19.9 Å². The average molecular weight is 375 g/mol. The molecule has 1 saturated carbocycles. The third kappa shape index (κ3) is 3.24. The molecule has 1 fully saturated rings. The van der Waals surface area contributed by atoms with Crippen molar-refractivity contribution in [2.24, 2.45) is 0 Å². The van der Waals surface area contributed by atoms with Gasteiger partial charge in [0.15, 0.2) is 17.5 Å². The van der Waals surface area contributed by atoms with E-state index in [0.29, 0.717) is 35.9 Å². The molecule has 142 valence electrons. The Hall–Kier alpha value is -2.65. The number of aliphatic hydroxyl groups is 2. The SMILES string of the molecule is C[C@@]1(O)CCC[C@H](Nc2nc(-c3c[nH]c4ncc(F)cc34)ncc2F)[C@H]1O. The highest BCUT2D eigenvalue weighted by molar-refractivity contribution is 5.91. The minimum atomic E-state index is -1.25. The lowest BCUT2D eigenvalue weighted by molar-refractivity contribution is -0.0919. The second kappa shape index (κ2) is 6.50. The fourth-order valence-corrected chi connectivity index (χ4v) is 3.51. The van der Waals surface area contributed by atoms with Gasteiger partial charge < -0.3 is 20.5 Å². The van der Waals surface area contributed by atoms with E-state index in [1.54, 1.807) is 13.1 Å². The molecule has 3 atom stereocenters. The number of nitrogens with one attached hydrogen (secondary N) is 2. The Balaban J connectivity index is 1.68. The first-order chi connectivity index (χ1) is 12.8. The van der Waals surface area contributed by atoms with Crippen molar-refractivity contribution in [3.05, 3.63) is 36.3 Å². The van der Waals surface area contributed by atoms with Crippen LogP contribution in [0.4, 0.5) is 14.6 Å². The summed E-state index contributed by atoms with van der Waals surface area (Å²) in [6.07, 6.45) is 4.36. The summed E-state index contributed by atoms with van der Waals surface area (Å²) in [5.74, 6) is -1.08. The van der Waals surface area contributed by atoms with Crippen LogP contribution in [0, 0.1) is 11.6 Å². The Morgan fingerprint density at radius 1 is 1.30 bits per heavy atom. The van der Waals surface area contributed by atoms with E-state index < -0.39 is 29.4 Å². The summed E-state index contributed by atoms with van der Waals surface area (Å²) in [7, 11) is 0. The molecule has 7 nitrogen and oxygen atoms in total. The summed E-state index contributed by atoms with van der Waals surface area (Å²) in [4.78, 5) is 15.1. The number of rotatable bonds is 3. The maximum absolute atomic E-state index is 14.3. The lowest BCUT2D eigenvalue weighted by Crippen LogP contribution is -2.53. The van der Waals surface area contributed by atoms with Crippen LogP contribution in [0.3, 0.4) is 0 Å². The first-order valence-electron chi connectivity index (χ1n) is 8.68. The summed E-state index contributed by atoms with van der Waals surface area (Å²) >= 11 is 0. The van der Waals surface area contributed by atoms with Gasteiger partial charge in [-0.15, -0.1) is 0 Å². The zero-order chi connectivity index (χ0) is 19.2. The van der Waals surface area contributed by atoms with E-state index in [4.69, 9.17) is 0 Å². The van der Waals surface area contributed by atoms with E-state index in [9.17, 15) is 19.0 Å². The Morgan fingerprint density at radius 2 is 2.11 bits per heavy atom. The number of aromatic nitrogens is 4. The van der Waals surface area contributed by atoms with E-state index >= 15 is 0 Å². The Kier molecular flexibility index (Phi) is 4.27. The number of hydrogen-bond donors (Lipinski definition) is 4. The molecule has 0 aromatic carbocycles. The number of pyridine rings is 1. The van der Waals surface area contributed by atoms with Gasteiger partial charge in [0.1, 0.15) is 17.6 Å². The lowest BCUT2D eigenvalue weighted by Gasteiger charge is -2.39. The summed E-state index contributed by atoms with van der Waals surface area (Å²) < 4.78 is 27.8. The number of H-pyrrole nitrogens is 1. The number of anilines is 1. The van der Waals surface area contributed by atoms with Crippen LogP contribution >= 0.6 is 0 Å². The molecule has 0 amide bonds.